The van der Waals surface area contributed by atoms with Gasteiger partial charge in [0.1, 0.15) is 0 Å². The number of nitrogens with two attached hydrogens (primary N) is 1. The van der Waals surface area contributed by atoms with Gasteiger partial charge in [-0.05, 0) is 18.9 Å². The van der Waals surface area contributed by atoms with Crippen molar-refractivity contribution in [2.45, 2.75) is 19.4 Å². The number of nitrogens with zero attached hydrogens (tertiary/aromatic N) is 1. The molecular formula is C11H17N3O2. The first kappa shape index (κ1) is 12.6. The average molecular weight is 223 g/mol. The maximum Gasteiger partial charge on any atom is 0.269 e. The van der Waals surface area contributed by atoms with Crippen LogP contribution in [-0.4, -0.2) is 24.1 Å². The van der Waals surface area contributed by atoms with Crippen LogP contribution < -0.4 is 11.1 Å². The van der Waals surface area contributed by atoms with Gasteiger partial charge in [0.15, 0.2) is 0 Å². The lowest BCUT2D eigenvalue weighted by Crippen LogP contribution is -2.32. The Morgan fingerprint density at radius 2 is 2.06 bits per heavy atom. The van der Waals surface area contributed by atoms with Gasteiger partial charge in [0.25, 0.3) is 5.69 Å². The molecule has 1 rings (SSSR count). The van der Waals surface area contributed by atoms with Crippen LogP contribution in [-0.2, 0) is 6.42 Å². The fourth-order valence-corrected chi connectivity index (χ4v) is 1.51. The van der Waals surface area contributed by atoms with Crippen LogP contribution in [0.25, 0.3) is 0 Å². The van der Waals surface area contributed by atoms with Crippen LogP contribution in [0, 0.1) is 10.1 Å². The molecule has 1 aromatic rings. The van der Waals surface area contributed by atoms with Gasteiger partial charge in [-0.1, -0.05) is 12.1 Å². The third kappa shape index (κ3) is 3.96. The normalized spacial score (nSPS) is 12.4. The summed E-state index contributed by atoms with van der Waals surface area (Å²) in [5, 5.41) is 13.7. The zero-order valence-corrected chi connectivity index (χ0v) is 9.35. The highest BCUT2D eigenvalue weighted by molar-refractivity contribution is 5.33. The summed E-state index contributed by atoms with van der Waals surface area (Å²) in [7, 11) is 0. The molecule has 0 aromatic heterocycles. The largest absolute Gasteiger partial charge is 0.329 e. The summed E-state index contributed by atoms with van der Waals surface area (Å²) in [5.41, 5.74) is 6.60. The summed E-state index contributed by atoms with van der Waals surface area (Å²) in [6.45, 7) is 3.47. The molecule has 0 amide bonds. The summed E-state index contributed by atoms with van der Waals surface area (Å²) in [4.78, 5) is 10.1. The van der Waals surface area contributed by atoms with Gasteiger partial charge >= 0.3 is 0 Å². The van der Waals surface area contributed by atoms with Gasteiger partial charge in [0.05, 0.1) is 4.92 Å². The molecule has 5 heteroatoms. The van der Waals surface area contributed by atoms with E-state index in [4.69, 9.17) is 5.73 Å². The highest BCUT2D eigenvalue weighted by Crippen LogP contribution is 2.12. The second-order valence-electron chi connectivity index (χ2n) is 3.77. The van der Waals surface area contributed by atoms with Crippen LogP contribution in [0.3, 0.4) is 0 Å². The van der Waals surface area contributed by atoms with Crippen molar-refractivity contribution >= 4 is 5.69 Å². The molecule has 0 aliphatic carbocycles. The van der Waals surface area contributed by atoms with E-state index >= 15 is 0 Å². The molecule has 88 valence electrons. The van der Waals surface area contributed by atoms with Crippen LogP contribution in [0.1, 0.15) is 12.5 Å². The molecule has 1 unspecified atom stereocenters. The maximum atomic E-state index is 10.5. The third-order valence-electron chi connectivity index (χ3n) is 2.33. The molecule has 0 saturated heterocycles. The van der Waals surface area contributed by atoms with Crippen LogP contribution in [0.4, 0.5) is 5.69 Å². The third-order valence-corrected chi connectivity index (χ3v) is 2.33. The van der Waals surface area contributed by atoms with Gasteiger partial charge in [-0.2, -0.15) is 0 Å². The van der Waals surface area contributed by atoms with Gasteiger partial charge in [0.2, 0.25) is 0 Å². The Labute approximate surface area is 94.8 Å². The molecule has 5 nitrogen and oxygen atoms in total. The van der Waals surface area contributed by atoms with Crippen LogP contribution >= 0.6 is 0 Å². The Bertz CT molecular complexity index is 338. The second-order valence-corrected chi connectivity index (χ2v) is 3.77. The molecule has 16 heavy (non-hydrogen) atoms. The van der Waals surface area contributed by atoms with Crippen molar-refractivity contribution in [1.82, 2.24) is 5.32 Å². The Hall–Kier alpha value is -1.46. The van der Waals surface area contributed by atoms with E-state index in [-0.39, 0.29) is 10.6 Å². The number of rotatable bonds is 6. The number of nitrogens with one attached hydrogen (secondary N) is 1. The minimum absolute atomic E-state index is 0.131. The van der Waals surface area contributed by atoms with E-state index in [1.807, 2.05) is 0 Å². The Morgan fingerprint density at radius 1 is 1.44 bits per heavy atom. The number of benzene rings is 1. The number of hydrogen-bond acceptors (Lipinski definition) is 4. The number of hydrogen-bond donors (Lipinski definition) is 2. The molecule has 0 aliphatic rings. The molecule has 1 atom stereocenters. The predicted octanol–water partition coefficient (Wildman–Crippen LogP) is 1.07. The fourth-order valence-electron chi connectivity index (χ4n) is 1.51. The molecule has 3 N–H and O–H groups in total. The Balaban J connectivity index is 2.51. The number of nitro groups is 1. The average Bonchev–Trinajstić information content (AvgIpc) is 2.27. The van der Waals surface area contributed by atoms with Crippen LogP contribution in [0.15, 0.2) is 24.3 Å². The second kappa shape index (κ2) is 6.19. The fraction of sp³-hybridized carbons (Fsp3) is 0.455. The number of non-ortho nitro benzene ring substituents is 1. The smallest absolute Gasteiger partial charge is 0.269 e. The molecular weight excluding hydrogens is 206 g/mol. The lowest BCUT2D eigenvalue weighted by Gasteiger charge is -2.12. The van der Waals surface area contributed by atoms with Gasteiger partial charge in [-0.3, -0.25) is 10.1 Å². The van der Waals surface area contributed by atoms with Gasteiger partial charge in [-0.25, -0.2) is 0 Å². The highest BCUT2D eigenvalue weighted by atomic mass is 16.6. The molecule has 0 saturated carbocycles. The topological polar surface area (TPSA) is 81.2 Å². The number of nitro benzene ring substituents is 1. The summed E-state index contributed by atoms with van der Waals surface area (Å²) >= 11 is 0. The van der Waals surface area contributed by atoms with Crippen molar-refractivity contribution in [3.05, 3.63) is 39.9 Å². The lowest BCUT2D eigenvalue weighted by atomic mass is 10.1. The molecule has 0 radical (unpaired) electrons. The van der Waals surface area contributed by atoms with Gasteiger partial charge in [0, 0.05) is 31.3 Å². The Morgan fingerprint density at radius 3 is 2.56 bits per heavy atom. The quantitative estimate of drug-likeness (QED) is 0.558. The van der Waals surface area contributed by atoms with Crippen LogP contribution in [0.2, 0.25) is 0 Å². The first-order valence-corrected chi connectivity index (χ1v) is 5.30. The van der Waals surface area contributed by atoms with Crippen LogP contribution in [0.5, 0.6) is 0 Å². The molecule has 0 bridgehead atoms. The molecule has 0 spiro atoms. The summed E-state index contributed by atoms with van der Waals surface area (Å²) in [6, 6.07) is 6.97. The van der Waals surface area contributed by atoms with E-state index in [9.17, 15) is 10.1 Å². The van der Waals surface area contributed by atoms with Crippen molar-refractivity contribution in [2.75, 3.05) is 13.1 Å². The first-order chi connectivity index (χ1) is 7.63. The lowest BCUT2D eigenvalue weighted by molar-refractivity contribution is -0.384. The zero-order chi connectivity index (χ0) is 12.0. The summed E-state index contributed by atoms with van der Waals surface area (Å²) in [5.74, 6) is 0. The van der Waals surface area contributed by atoms with Crippen molar-refractivity contribution in [3.63, 3.8) is 0 Å². The van der Waals surface area contributed by atoms with E-state index in [0.29, 0.717) is 12.6 Å². The SMILES string of the molecule is CC(Cc1ccc([N+](=O)[O-])cc1)NCCN. The Kier molecular flexibility index (Phi) is 4.88. The monoisotopic (exact) mass is 223 g/mol. The van der Waals surface area contributed by atoms with Crippen molar-refractivity contribution in [1.29, 1.82) is 0 Å². The van der Waals surface area contributed by atoms with Crippen molar-refractivity contribution in [3.8, 4) is 0 Å². The van der Waals surface area contributed by atoms with Crippen molar-refractivity contribution < 1.29 is 4.92 Å². The van der Waals surface area contributed by atoms with Gasteiger partial charge < -0.3 is 11.1 Å². The first-order valence-electron chi connectivity index (χ1n) is 5.30. The maximum absolute atomic E-state index is 10.5. The molecule has 0 aliphatic heterocycles. The van der Waals surface area contributed by atoms with E-state index in [2.05, 4.69) is 12.2 Å². The minimum atomic E-state index is -0.389. The van der Waals surface area contributed by atoms with E-state index in [1.54, 1.807) is 12.1 Å². The van der Waals surface area contributed by atoms with E-state index < -0.39 is 0 Å². The molecule has 0 fully saturated rings. The predicted molar refractivity (Wildman–Crippen MR) is 63.3 cm³/mol. The zero-order valence-electron chi connectivity index (χ0n) is 9.35. The highest BCUT2D eigenvalue weighted by Gasteiger charge is 2.06. The summed E-state index contributed by atoms with van der Waals surface area (Å²) in [6.07, 6.45) is 0.845. The molecule has 1 aromatic carbocycles. The summed E-state index contributed by atoms with van der Waals surface area (Å²) < 4.78 is 0. The minimum Gasteiger partial charge on any atom is -0.329 e. The van der Waals surface area contributed by atoms with Crippen molar-refractivity contribution in [2.24, 2.45) is 5.73 Å². The van der Waals surface area contributed by atoms with E-state index in [1.165, 1.54) is 12.1 Å². The molecule has 0 heterocycles. The van der Waals surface area contributed by atoms with E-state index in [0.717, 1.165) is 18.5 Å². The standard InChI is InChI=1S/C11H17N3O2/c1-9(13-7-6-12)8-10-2-4-11(5-3-10)14(15)16/h2-5,9,13H,6-8,12H2,1H3. The van der Waals surface area contributed by atoms with Gasteiger partial charge in [-0.15, -0.1) is 0 Å².